The van der Waals surface area contributed by atoms with Gasteiger partial charge >= 0.3 is 6.03 Å². The first-order valence-corrected chi connectivity index (χ1v) is 9.24. The van der Waals surface area contributed by atoms with Crippen LogP contribution >= 0.6 is 11.6 Å². The lowest BCUT2D eigenvalue weighted by atomic mass is 10.1. The second-order valence-corrected chi connectivity index (χ2v) is 7.91. The van der Waals surface area contributed by atoms with E-state index in [4.69, 9.17) is 11.6 Å². The van der Waals surface area contributed by atoms with E-state index in [9.17, 15) is 13.2 Å². The first-order chi connectivity index (χ1) is 10.3. The fraction of sp³-hybridized carbons (Fsp3) is 0.500. The van der Waals surface area contributed by atoms with Crippen LogP contribution in [0.15, 0.2) is 24.3 Å². The van der Waals surface area contributed by atoms with Crippen LogP contribution in [0.4, 0.5) is 10.5 Å². The Morgan fingerprint density at radius 1 is 1.27 bits per heavy atom. The molecule has 1 N–H and O–H groups in total. The molecule has 8 heteroatoms. The van der Waals surface area contributed by atoms with E-state index in [1.54, 1.807) is 36.2 Å². The summed E-state index contributed by atoms with van der Waals surface area (Å²) >= 11 is 5.80. The van der Waals surface area contributed by atoms with Crippen molar-refractivity contribution >= 4 is 33.3 Å². The average molecular weight is 346 g/mol. The summed E-state index contributed by atoms with van der Waals surface area (Å²) in [5, 5.41) is 3.42. The predicted octanol–water partition coefficient (Wildman–Crippen LogP) is 2.23. The highest BCUT2D eigenvalue weighted by Crippen LogP contribution is 2.19. The number of anilines is 1. The molecule has 0 aromatic heterocycles. The summed E-state index contributed by atoms with van der Waals surface area (Å²) in [6.07, 6.45) is 2.47. The minimum Gasteiger partial charge on any atom is -0.324 e. The minimum absolute atomic E-state index is 0.0467. The van der Waals surface area contributed by atoms with Crippen LogP contribution in [0, 0.1) is 0 Å². The number of urea groups is 1. The zero-order chi connectivity index (χ0) is 16.3. The molecule has 1 saturated heterocycles. The highest BCUT2D eigenvalue weighted by molar-refractivity contribution is 7.88. The Hall–Kier alpha value is -1.31. The number of nitrogens with one attached hydrogen (secondary N) is 1. The van der Waals surface area contributed by atoms with Crippen molar-refractivity contribution in [2.75, 3.05) is 31.7 Å². The molecule has 1 aromatic carbocycles. The van der Waals surface area contributed by atoms with Gasteiger partial charge in [-0.2, -0.15) is 0 Å². The number of halogens is 1. The van der Waals surface area contributed by atoms with Crippen LogP contribution in [-0.2, 0) is 10.0 Å². The Kier molecular flexibility index (Phi) is 5.31. The van der Waals surface area contributed by atoms with Crippen LogP contribution in [0.1, 0.15) is 12.8 Å². The van der Waals surface area contributed by atoms with Gasteiger partial charge in [-0.25, -0.2) is 17.5 Å². The smallest absolute Gasteiger partial charge is 0.321 e. The number of nitrogens with zero attached hydrogens (tertiary/aromatic N) is 2. The van der Waals surface area contributed by atoms with Gasteiger partial charge in [0.1, 0.15) is 0 Å². The Morgan fingerprint density at radius 3 is 2.32 bits per heavy atom. The minimum atomic E-state index is -3.19. The maximum Gasteiger partial charge on any atom is 0.321 e. The Labute approximate surface area is 136 Å². The van der Waals surface area contributed by atoms with Crippen molar-refractivity contribution in [3.63, 3.8) is 0 Å². The van der Waals surface area contributed by atoms with Gasteiger partial charge in [0.25, 0.3) is 0 Å². The third kappa shape index (κ3) is 4.34. The van der Waals surface area contributed by atoms with Crippen molar-refractivity contribution in [3.8, 4) is 0 Å². The standard InChI is InChI=1S/C14H20ClN3O3S/c1-17(22(2,20)21)13-7-9-18(10-8-13)14(19)16-12-5-3-11(15)4-6-12/h3-6,13H,7-10H2,1-2H3,(H,16,19). The molecule has 2 rings (SSSR count). The molecule has 6 nitrogen and oxygen atoms in total. The largest absolute Gasteiger partial charge is 0.324 e. The average Bonchev–Trinajstić information content (AvgIpc) is 2.48. The Morgan fingerprint density at radius 2 is 1.82 bits per heavy atom. The quantitative estimate of drug-likeness (QED) is 0.913. The lowest BCUT2D eigenvalue weighted by Crippen LogP contribution is -2.48. The summed E-state index contributed by atoms with van der Waals surface area (Å²) < 4.78 is 24.5. The van der Waals surface area contributed by atoms with E-state index in [0.29, 0.717) is 36.6 Å². The third-order valence-electron chi connectivity index (χ3n) is 3.88. The number of hydrogen-bond acceptors (Lipinski definition) is 3. The van der Waals surface area contributed by atoms with Gasteiger partial charge in [0.2, 0.25) is 10.0 Å². The van der Waals surface area contributed by atoms with Gasteiger partial charge in [0, 0.05) is 36.9 Å². The Bertz CT molecular complexity index is 625. The molecule has 1 aliphatic heterocycles. The van der Waals surface area contributed by atoms with E-state index in [1.165, 1.54) is 10.6 Å². The number of benzene rings is 1. The molecule has 1 fully saturated rings. The van der Waals surface area contributed by atoms with E-state index in [2.05, 4.69) is 5.32 Å². The molecular weight excluding hydrogens is 326 g/mol. The molecule has 0 radical (unpaired) electrons. The molecule has 122 valence electrons. The van der Waals surface area contributed by atoms with Crippen molar-refractivity contribution in [3.05, 3.63) is 29.3 Å². The van der Waals surface area contributed by atoms with Gasteiger partial charge in [-0.15, -0.1) is 0 Å². The fourth-order valence-electron chi connectivity index (χ4n) is 2.44. The van der Waals surface area contributed by atoms with Crippen molar-refractivity contribution in [1.29, 1.82) is 0 Å². The fourth-order valence-corrected chi connectivity index (χ4v) is 3.32. The molecule has 22 heavy (non-hydrogen) atoms. The summed E-state index contributed by atoms with van der Waals surface area (Å²) in [6.45, 7) is 1.06. The predicted molar refractivity (Wildman–Crippen MR) is 87.7 cm³/mol. The summed E-state index contributed by atoms with van der Waals surface area (Å²) in [6, 6.07) is 6.68. The van der Waals surface area contributed by atoms with Gasteiger partial charge < -0.3 is 10.2 Å². The first kappa shape index (κ1) is 17.1. The molecule has 0 bridgehead atoms. The van der Waals surface area contributed by atoms with Gasteiger partial charge in [-0.3, -0.25) is 0 Å². The van der Waals surface area contributed by atoms with Crippen LogP contribution in [0.3, 0.4) is 0 Å². The number of carbonyl (C=O) groups excluding carboxylic acids is 1. The van der Waals surface area contributed by atoms with E-state index in [-0.39, 0.29) is 12.1 Å². The van der Waals surface area contributed by atoms with Crippen molar-refractivity contribution in [1.82, 2.24) is 9.21 Å². The second kappa shape index (κ2) is 6.85. The molecule has 0 unspecified atom stereocenters. The number of piperidine rings is 1. The van der Waals surface area contributed by atoms with E-state index >= 15 is 0 Å². The lowest BCUT2D eigenvalue weighted by Gasteiger charge is -2.35. The molecule has 0 spiro atoms. The zero-order valence-electron chi connectivity index (χ0n) is 12.6. The lowest BCUT2D eigenvalue weighted by molar-refractivity contribution is 0.175. The van der Waals surface area contributed by atoms with E-state index in [0.717, 1.165) is 0 Å². The van der Waals surface area contributed by atoms with Gasteiger partial charge in [-0.1, -0.05) is 11.6 Å². The molecule has 0 aliphatic carbocycles. The molecule has 0 atom stereocenters. The van der Waals surface area contributed by atoms with Crippen molar-refractivity contribution in [2.24, 2.45) is 0 Å². The second-order valence-electron chi connectivity index (χ2n) is 5.43. The highest BCUT2D eigenvalue weighted by Gasteiger charge is 2.28. The monoisotopic (exact) mass is 345 g/mol. The summed E-state index contributed by atoms with van der Waals surface area (Å²) in [4.78, 5) is 13.9. The molecule has 1 heterocycles. The number of hydrogen-bond donors (Lipinski definition) is 1. The van der Waals surface area contributed by atoms with Crippen LogP contribution in [0.2, 0.25) is 5.02 Å². The van der Waals surface area contributed by atoms with Gasteiger partial charge in [0.05, 0.1) is 6.26 Å². The summed E-state index contributed by atoms with van der Waals surface area (Å²) in [5.74, 6) is 0. The SMILES string of the molecule is CN(C1CCN(C(=O)Nc2ccc(Cl)cc2)CC1)S(C)(=O)=O. The van der Waals surface area contributed by atoms with E-state index < -0.39 is 10.0 Å². The first-order valence-electron chi connectivity index (χ1n) is 7.02. The normalized spacial score (nSPS) is 16.8. The molecule has 1 aromatic rings. The summed E-state index contributed by atoms with van der Waals surface area (Å²) in [7, 11) is -1.60. The molecule has 0 saturated carbocycles. The van der Waals surface area contributed by atoms with Crippen LogP contribution < -0.4 is 5.32 Å². The van der Waals surface area contributed by atoms with Crippen LogP contribution in [0.5, 0.6) is 0 Å². The maximum atomic E-state index is 12.2. The van der Waals surface area contributed by atoms with Crippen molar-refractivity contribution < 1.29 is 13.2 Å². The van der Waals surface area contributed by atoms with Crippen molar-refractivity contribution in [2.45, 2.75) is 18.9 Å². The molecular formula is C14H20ClN3O3S. The maximum absolute atomic E-state index is 12.2. The number of likely N-dealkylation sites (tertiary alicyclic amines) is 1. The van der Waals surface area contributed by atoms with Gasteiger partial charge in [0.15, 0.2) is 0 Å². The number of amides is 2. The Balaban J connectivity index is 1.88. The summed E-state index contributed by atoms with van der Waals surface area (Å²) in [5.41, 5.74) is 0.685. The topological polar surface area (TPSA) is 69.7 Å². The van der Waals surface area contributed by atoms with E-state index in [1.807, 2.05) is 0 Å². The number of rotatable bonds is 3. The zero-order valence-corrected chi connectivity index (χ0v) is 14.2. The van der Waals surface area contributed by atoms with Crippen LogP contribution in [0.25, 0.3) is 0 Å². The van der Waals surface area contributed by atoms with Gasteiger partial charge in [-0.05, 0) is 37.1 Å². The highest BCUT2D eigenvalue weighted by atomic mass is 35.5. The third-order valence-corrected chi connectivity index (χ3v) is 5.48. The molecule has 2 amide bonds. The molecule has 1 aliphatic rings. The number of sulfonamides is 1. The van der Waals surface area contributed by atoms with Crippen LogP contribution in [-0.4, -0.2) is 56.1 Å². The number of carbonyl (C=O) groups is 1.